The number of nitrogens with zero attached hydrogens (tertiary/aromatic N) is 1. The van der Waals surface area contributed by atoms with Gasteiger partial charge in [0.05, 0.1) is 17.5 Å². The lowest BCUT2D eigenvalue weighted by atomic mass is 9.55. The van der Waals surface area contributed by atoms with Crippen LogP contribution >= 0.6 is 0 Å². The van der Waals surface area contributed by atoms with Crippen molar-refractivity contribution in [3.8, 4) is 0 Å². The van der Waals surface area contributed by atoms with Crippen molar-refractivity contribution in [1.29, 1.82) is 0 Å². The van der Waals surface area contributed by atoms with Crippen LogP contribution < -0.4 is 10.2 Å². The first kappa shape index (κ1) is 22.7. The number of hydrogen-bond acceptors (Lipinski definition) is 3. The van der Waals surface area contributed by atoms with E-state index in [9.17, 15) is 14.4 Å². The number of hydrogen-bond donors (Lipinski definition) is 1. The molecule has 2 bridgehead atoms. The van der Waals surface area contributed by atoms with Crippen molar-refractivity contribution < 1.29 is 14.4 Å². The van der Waals surface area contributed by atoms with Crippen molar-refractivity contribution in [2.45, 2.75) is 24.7 Å². The van der Waals surface area contributed by atoms with Crippen LogP contribution in [0.15, 0.2) is 103 Å². The zero-order chi connectivity index (χ0) is 25.8. The van der Waals surface area contributed by atoms with Crippen molar-refractivity contribution in [2.24, 2.45) is 11.8 Å². The van der Waals surface area contributed by atoms with Gasteiger partial charge in [-0.25, -0.2) is 4.90 Å². The van der Waals surface area contributed by atoms with Gasteiger partial charge in [0.15, 0.2) is 0 Å². The molecule has 186 valence electrons. The normalized spacial score (nSPS) is 22.6. The molecule has 0 unspecified atom stereocenters. The summed E-state index contributed by atoms with van der Waals surface area (Å²) in [6.45, 7) is 0. The molecule has 2 atom stereocenters. The number of benzene rings is 4. The van der Waals surface area contributed by atoms with Gasteiger partial charge in [-0.05, 0) is 52.4 Å². The Morgan fingerprint density at radius 3 is 1.74 bits per heavy atom. The lowest BCUT2D eigenvalue weighted by Gasteiger charge is -2.45. The molecule has 0 radical (unpaired) electrons. The molecule has 38 heavy (non-hydrogen) atoms. The molecular formula is C33H26N2O3. The first-order chi connectivity index (χ1) is 18.6. The van der Waals surface area contributed by atoms with Gasteiger partial charge in [0, 0.05) is 23.9 Å². The van der Waals surface area contributed by atoms with E-state index in [1.807, 2.05) is 54.6 Å². The van der Waals surface area contributed by atoms with E-state index in [0.29, 0.717) is 24.2 Å². The molecule has 5 heteroatoms. The maximum atomic E-state index is 14.0. The van der Waals surface area contributed by atoms with Crippen LogP contribution in [0.3, 0.4) is 0 Å². The molecule has 1 heterocycles. The quantitative estimate of drug-likeness (QED) is 0.362. The summed E-state index contributed by atoms with van der Waals surface area (Å²) in [7, 11) is 0. The molecule has 1 fully saturated rings. The zero-order valence-electron chi connectivity index (χ0n) is 20.7. The SMILES string of the molecule is O=C(CCc1ccccc1)Nc1cccc(N2C(=O)[C@H]3C4c5ccccc5C(c5ccccc54)[C@@H]3C2=O)c1. The Balaban J connectivity index is 1.18. The number of amides is 3. The third kappa shape index (κ3) is 3.42. The Hall–Kier alpha value is -4.51. The number of carbonyl (C=O) groups is 3. The molecule has 8 rings (SSSR count). The van der Waals surface area contributed by atoms with Crippen molar-refractivity contribution in [1.82, 2.24) is 0 Å². The van der Waals surface area contributed by atoms with E-state index in [0.717, 1.165) is 27.8 Å². The van der Waals surface area contributed by atoms with E-state index < -0.39 is 11.8 Å². The molecule has 0 spiro atoms. The van der Waals surface area contributed by atoms with Crippen LogP contribution in [0.25, 0.3) is 0 Å². The third-order valence-corrected chi connectivity index (χ3v) is 8.32. The monoisotopic (exact) mass is 498 g/mol. The molecule has 1 aliphatic heterocycles. The summed E-state index contributed by atoms with van der Waals surface area (Å²) in [5, 5.41) is 2.94. The summed E-state index contributed by atoms with van der Waals surface area (Å²) < 4.78 is 0. The number of aryl methyl sites for hydroxylation is 1. The largest absolute Gasteiger partial charge is 0.326 e. The Kier molecular flexibility index (Phi) is 5.25. The number of nitrogens with one attached hydrogen (secondary N) is 1. The van der Waals surface area contributed by atoms with E-state index in [1.54, 1.807) is 24.3 Å². The van der Waals surface area contributed by atoms with Gasteiger partial charge in [0.1, 0.15) is 0 Å². The van der Waals surface area contributed by atoms with Gasteiger partial charge in [0.25, 0.3) is 0 Å². The van der Waals surface area contributed by atoms with Crippen molar-refractivity contribution in [2.75, 3.05) is 10.2 Å². The van der Waals surface area contributed by atoms with Crippen LogP contribution in [0.4, 0.5) is 11.4 Å². The highest BCUT2D eigenvalue weighted by Crippen LogP contribution is 2.61. The fraction of sp³-hybridized carbons (Fsp3) is 0.182. The average Bonchev–Trinajstić information content (AvgIpc) is 3.23. The van der Waals surface area contributed by atoms with Gasteiger partial charge in [-0.15, -0.1) is 0 Å². The van der Waals surface area contributed by atoms with Crippen molar-refractivity contribution >= 4 is 29.1 Å². The predicted octanol–water partition coefficient (Wildman–Crippen LogP) is 5.65. The van der Waals surface area contributed by atoms with Gasteiger partial charge in [-0.3, -0.25) is 14.4 Å². The second-order valence-electron chi connectivity index (χ2n) is 10.4. The Labute approximate surface area is 221 Å². The third-order valence-electron chi connectivity index (χ3n) is 8.32. The van der Waals surface area contributed by atoms with Crippen LogP contribution in [0.2, 0.25) is 0 Å². The fourth-order valence-corrected chi connectivity index (χ4v) is 6.78. The molecule has 1 N–H and O–H groups in total. The van der Waals surface area contributed by atoms with Crippen molar-refractivity contribution in [3.63, 3.8) is 0 Å². The summed E-state index contributed by atoms with van der Waals surface area (Å²) >= 11 is 0. The smallest absolute Gasteiger partial charge is 0.238 e. The van der Waals surface area contributed by atoms with Crippen LogP contribution in [0.5, 0.6) is 0 Å². The molecule has 1 saturated heterocycles. The fourth-order valence-electron chi connectivity index (χ4n) is 6.78. The minimum absolute atomic E-state index is 0.109. The van der Waals surface area contributed by atoms with E-state index >= 15 is 0 Å². The van der Waals surface area contributed by atoms with Gasteiger partial charge in [-0.1, -0.05) is 84.9 Å². The van der Waals surface area contributed by atoms with E-state index in [1.165, 1.54) is 4.90 Å². The van der Waals surface area contributed by atoms with Crippen LogP contribution in [-0.4, -0.2) is 17.7 Å². The zero-order valence-corrected chi connectivity index (χ0v) is 20.7. The summed E-state index contributed by atoms with van der Waals surface area (Å²) in [6, 6.07) is 33.4. The second-order valence-corrected chi connectivity index (χ2v) is 10.4. The van der Waals surface area contributed by atoms with Gasteiger partial charge in [0.2, 0.25) is 17.7 Å². The van der Waals surface area contributed by atoms with Crippen LogP contribution in [0.1, 0.15) is 46.1 Å². The van der Waals surface area contributed by atoms with Crippen molar-refractivity contribution in [3.05, 3.63) is 131 Å². The number of anilines is 2. The molecule has 4 aliphatic rings. The molecule has 0 saturated carbocycles. The standard InChI is InChI=1S/C33H26N2O3/c36-27(18-17-20-9-2-1-3-10-20)34-21-11-8-12-22(19-21)35-32(37)30-28-23-13-4-5-14-24(23)29(31(30)33(35)38)26-16-7-6-15-25(26)28/h1-16,19,28-31H,17-18H2,(H,34,36)/t28?,29?,30-,31-/m0/s1. The number of rotatable bonds is 5. The summed E-state index contributed by atoms with van der Waals surface area (Å²) in [6.07, 6.45) is 0.989. The average molecular weight is 499 g/mol. The van der Waals surface area contributed by atoms with E-state index in [2.05, 4.69) is 29.6 Å². The van der Waals surface area contributed by atoms with Gasteiger partial charge in [-0.2, -0.15) is 0 Å². The Bertz CT molecular complexity index is 1480. The molecule has 5 nitrogen and oxygen atoms in total. The molecular weight excluding hydrogens is 472 g/mol. The summed E-state index contributed by atoms with van der Waals surface area (Å²) in [4.78, 5) is 41.9. The topological polar surface area (TPSA) is 66.5 Å². The second kappa shape index (κ2) is 8.80. The summed E-state index contributed by atoms with van der Waals surface area (Å²) in [5.74, 6) is -1.57. The van der Waals surface area contributed by atoms with Gasteiger partial charge < -0.3 is 5.32 Å². The molecule has 3 amide bonds. The first-order valence-corrected chi connectivity index (χ1v) is 13.1. The predicted molar refractivity (Wildman–Crippen MR) is 146 cm³/mol. The summed E-state index contributed by atoms with van der Waals surface area (Å²) in [5.41, 5.74) is 6.79. The minimum atomic E-state index is -0.429. The highest BCUT2D eigenvalue weighted by atomic mass is 16.2. The molecule has 4 aromatic rings. The maximum absolute atomic E-state index is 14.0. The lowest BCUT2D eigenvalue weighted by molar-refractivity contribution is -0.122. The first-order valence-electron chi connectivity index (χ1n) is 13.1. The minimum Gasteiger partial charge on any atom is -0.326 e. The van der Waals surface area contributed by atoms with E-state index in [-0.39, 0.29) is 29.6 Å². The highest BCUT2D eigenvalue weighted by molar-refractivity contribution is 6.23. The maximum Gasteiger partial charge on any atom is 0.238 e. The van der Waals surface area contributed by atoms with E-state index in [4.69, 9.17) is 0 Å². The number of imide groups is 1. The lowest BCUT2D eigenvalue weighted by Crippen LogP contribution is -2.41. The van der Waals surface area contributed by atoms with Crippen LogP contribution in [-0.2, 0) is 20.8 Å². The van der Waals surface area contributed by atoms with Gasteiger partial charge >= 0.3 is 0 Å². The molecule has 0 aromatic heterocycles. The highest BCUT2D eigenvalue weighted by Gasteiger charge is 2.61. The molecule has 3 aliphatic carbocycles. The Morgan fingerprint density at radius 2 is 1.18 bits per heavy atom. The molecule has 4 aromatic carbocycles. The Morgan fingerprint density at radius 1 is 0.658 bits per heavy atom. The van der Waals surface area contributed by atoms with Crippen LogP contribution in [0, 0.1) is 11.8 Å². The number of carbonyl (C=O) groups excluding carboxylic acids is 3.